The van der Waals surface area contributed by atoms with Gasteiger partial charge in [-0.15, -0.1) is 0 Å². The Kier molecular flexibility index (Phi) is 8.44. The molecule has 1 spiro atoms. The van der Waals surface area contributed by atoms with Crippen molar-refractivity contribution in [2.45, 2.75) is 24.7 Å². The van der Waals surface area contributed by atoms with Crippen LogP contribution in [0.15, 0.2) is 224 Å². The summed E-state index contributed by atoms with van der Waals surface area (Å²) in [6.45, 7) is 4.71. The molecule has 11 aromatic rings. The number of ether oxygens (including phenoxy) is 1. The van der Waals surface area contributed by atoms with Gasteiger partial charge in [-0.3, -0.25) is 0 Å². The van der Waals surface area contributed by atoms with Crippen molar-refractivity contribution >= 4 is 21.8 Å². The lowest BCUT2D eigenvalue weighted by Crippen LogP contribution is -2.43. The summed E-state index contributed by atoms with van der Waals surface area (Å²) in [6.07, 6.45) is 0. The number of para-hydroxylation sites is 3. The topological polar surface area (TPSA) is 39.9 Å². The Hall–Kier alpha value is -8.34. The second kappa shape index (κ2) is 14.6. The third-order valence-corrected chi connectivity index (χ3v) is 14.2. The first-order valence-electron chi connectivity index (χ1n) is 22.7. The standard InChI is InChI=1S/C62H43N3O/c1-61(2)48-23-8-10-25-50(48)62(51-26-11-9-24-49(51)61)52-27-12-15-30-58(52)66-59-36-33-43(38-53(59)62)42-19-16-20-44(37-42)55-39-54(40-17-4-3-5-18-40)63-60(64-55)41-31-34-45(35-32-41)65-56-28-13-6-21-46(56)47-22-7-14-29-57(47)65/h3-39H,1-2H3. The first-order valence-corrected chi connectivity index (χ1v) is 22.7. The maximum absolute atomic E-state index is 6.83. The van der Waals surface area contributed by atoms with E-state index in [2.05, 4.69) is 237 Å². The molecule has 4 nitrogen and oxygen atoms in total. The summed E-state index contributed by atoms with van der Waals surface area (Å²) in [5.41, 5.74) is 17.1. The van der Waals surface area contributed by atoms with E-state index in [1.807, 2.05) is 6.07 Å². The van der Waals surface area contributed by atoms with E-state index in [4.69, 9.17) is 14.7 Å². The fourth-order valence-corrected chi connectivity index (χ4v) is 11.1. The molecule has 0 saturated carbocycles. The van der Waals surface area contributed by atoms with Crippen molar-refractivity contribution in [2.24, 2.45) is 0 Å². The van der Waals surface area contributed by atoms with Gasteiger partial charge in [-0.2, -0.15) is 0 Å². The minimum Gasteiger partial charge on any atom is -0.457 e. The number of nitrogens with zero attached hydrogens (tertiary/aromatic N) is 3. The monoisotopic (exact) mass is 845 g/mol. The van der Waals surface area contributed by atoms with Crippen LogP contribution < -0.4 is 4.74 Å². The molecular formula is C62H43N3O. The van der Waals surface area contributed by atoms with Gasteiger partial charge in [-0.1, -0.05) is 172 Å². The van der Waals surface area contributed by atoms with Gasteiger partial charge in [0.15, 0.2) is 5.82 Å². The van der Waals surface area contributed by atoms with Crippen molar-refractivity contribution in [2.75, 3.05) is 0 Å². The van der Waals surface area contributed by atoms with Crippen LogP contribution >= 0.6 is 0 Å². The van der Waals surface area contributed by atoms with E-state index in [1.165, 1.54) is 44.1 Å². The number of hydrogen-bond acceptors (Lipinski definition) is 3. The van der Waals surface area contributed by atoms with Crippen molar-refractivity contribution in [1.29, 1.82) is 0 Å². The van der Waals surface area contributed by atoms with Crippen molar-refractivity contribution in [3.05, 3.63) is 258 Å². The molecule has 312 valence electrons. The maximum Gasteiger partial charge on any atom is 0.160 e. The molecule has 0 atom stereocenters. The molecule has 0 bridgehead atoms. The summed E-state index contributed by atoms with van der Waals surface area (Å²) in [7, 11) is 0. The minimum atomic E-state index is -0.594. The normalized spacial score (nSPS) is 14.0. The Morgan fingerprint density at radius 3 is 1.55 bits per heavy atom. The third kappa shape index (κ3) is 5.64. The first-order chi connectivity index (χ1) is 32.5. The highest BCUT2D eigenvalue weighted by Crippen LogP contribution is 2.61. The van der Waals surface area contributed by atoms with E-state index in [-0.39, 0.29) is 5.41 Å². The SMILES string of the molecule is CC1(C)c2ccccc2C2(c3ccccc3Oc3ccc(-c4cccc(-c5cc(-c6ccccc6)nc(-c6ccc(-n7c8ccccc8c8ccccc87)cc6)n5)c4)cc32)c2ccccc21. The molecular weight excluding hydrogens is 803 g/mol. The highest BCUT2D eigenvalue weighted by Gasteiger charge is 2.52. The predicted octanol–water partition coefficient (Wildman–Crippen LogP) is 15.4. The molecule has 0 radical (unpaired) electrons. The van der Waals surface area contributed by atoms with Crippen molar-refractivity contribution in [3.8, 4) is 62.2 Å². The molecule has 2 aromatic heterocycles. The van der Waals surface area contributed by atoms with Crippen LogP contribution in [0.4, 0.5) is 0 Å². The number of benzene rings is 9. The fraction of sp³-hybridized carbons (Fsp3) is 0.0645. The number of fused-ring (bicyclic) bond motifs is 11. The van der Waals surface area contributed by atoms with Gasteiger partial charge in [-0.05, 0) is 100 Å². The molecule has 0 N–H and O–H groups in total. The molecule has 1 aliphatic heterocycles. The molecule has 0 amide bonds. The number of hydrogen-bond donors (Lipinski definition) is 0. The summed E-state index contributed by atoms with van der Waals surface area (Å²) in [5, 5.41) is 2.48. The summed E-state index contributed by atoms with van der Waals surface area (Å²) >= 11 is 0. The van der Waals surface area contributed by atoms with Gasteiger partial charge in [0.25, 0.3) is 0 Å². The van der Waals surface area contributed by atoms with E-state index in [9.17, 15) is 0 Å². The molecule has 13 rings (SSSR count). The number of aromatic nitrogens is 3. The van der Waals surface area contributed by atoms with Crippen LogP contribution in [-0.4, -0.2) is 14.5 Å². The molecule has 4 heteroatoms. The Bertz CT molecular complexity index is 3610. The lowest BCUT2D eigenvalue weighted by atomic mass is 9.53. The quantitative estimate of drug-likeness (QED) is 0.173. The second-order valence-electron chi connectivity index (χ2n) is 18.1. The summed E-state index contributed by atoms with van der Waals surface area (Å²) in [6, 6.07) is 80.5. The van der Waals surface area contributed by atoms with Crippen LogP contribution in [0.5, 0.6) is 11.5 Å². The molecule has 66 heavy (non-hydrogen) atoms. The molecule has 0 fully saturated rings. The molecule has 0 saturated heterocycles. The predicted molar refractivity (Wildman–Crippen MR) is 269 cm³/mol. The van der Waals surface area contributed by atoms with Crippen LogP contribution in [0.25, 0.3) is 72.5 Å². The van der Waals surface area contributed by atoms with Crippen LogP contribution in [0.2, 0.25) is 0 Å². The van der Waals surface area contributed by atoms with Crippen LogP contribution in [0, 0.1) is 0 Å². The zero-order chi connectivity index (χ0) is 44.0. The van der Waals surface area contributed by atoms with Crippen LogP contribution in [-0.2, 0) is 10.8 Å². The van der Waals surface area contributed by atoms with Crippen molar-refractivity contribution < 1.29 is 4.74 Å². The Morgan fingerprint density at radius 2 is 0.864 bits per heavy atom. The van der Waals surface area contributed by atoms with Crippen molar-refractivity contribution in [1.82, 2.24) is 14.5 Å². The zero-order valence-electron chi connectivity index (χ0n) is 36.6. The molecule has 2 aliphatic rings. The molecule has 1 aliphatic carbocycles. The van der Waals surface area contributed by atoms with Gasteiger partial charge in [0, 0.05) is 49.7 Å². The van der Waals surface area contributed by atoms with Gasteiger partial charge in [0.05, 0.1) is 27.8 Å². The van der Waals surface area contributed by atoms with Crippen molar-refractivity contribution in [3.63, 3.8) is 0 Å². The highest BCUT2D eigenvalue weighted by molar-refractivity contribution is 6.09. The van der Waals surface area contributed by atoms with E-state index in [0.717, 1.165) is 67.5 Å². The summed E-state index contributed by atoms with van der Waals surface area (Å²) < 4.78 is 9.17. The van der Waals surface area contributed by atoms with Gasteiger partial charge < -0.3 is 9.30 Å². The zero-order valence-corrected chi connectivity index (χ0v) is 36.6. The molecule has 3 heterocycles. The number of rotatable bonds is 5. The average molecular weight is 846 g/mol. The summed E-state index contributed by atoms with van der Waals surface area (Å²) in [5.74, 6) is 2.43. The lowest BCUT2D eigenvalue weighted by molar-refractivity contribution is 0.425. The van der Waals surface area contributed by atoms with Gasteiger partial charge >= 0.3 is 0 Å². The van der Waals surface area contributed by atoms with E-state index >= 15 is 0 Å². The van der Waals surface area contributed by atoms with E-state index in [1.54, 1.807) is 0 Å². The maximum atomic E-state index is 6.83. The van der Waals surface area contributed by atoms with Crippen LogP contribution in [0.1, 0.15) is 47.2 Å². The van der Waals surface area contributed by atoms with Gasteiger partial charge in [-0.25, -0.2) is 9.97 Å². The highest BCUT2D eigenvalue weighted by atomic mass is 16.5. The van der Waals surface area contributed by atoms with Crippen LogP contribution in [0.3, 0.4) is 0 Å². The van der Waals surface area contributed by atoms with Gasteiger partial charge in [0.1, 0.15) is 11.5 Å². The fourth-order valence-electron chi connectivity index (χ4n) is 11.1. The first kappa shape index (κ1) is 38.1. The Morgan fingerprint density at radius 1 is 0.364 bits per heavy atom. The Labute approximate surface area is 384 Å². The molecule has 9 aromatic carbocycles. The largest absolute Gasteiger partial charge is 0.457 e. The Balaban J connectivity index is 0.946. The molecule has 0 unspecified atom stereocenters. The summed E-state index contributed by atoms with van der Waals surface area (Å²) in [4.78, 5) is 10.5. The minimum absolute atomic E-state index is 0.193. The average Bonchev–Trinajstić information content (AvgIpc) is 3.72. The van der Waals surface area contributed by atoms with E-state index in [0.29, 0.717) is 5.82 Å². The van der Waals surface area contributed by atoms with E-state index < -0.39 is 5.41 Å². The van der Waals surface area contributed by atoms with Gasteiger partial charge in [0.2, 0.25) is 0 Å². The third-order valence-electron chi connectivity index (χ3n) is 14.2. The smallest absolute Gasteiger partial charge is 0.160 e. The lowest BCUT2D eigenvalue weighted by Gasteiger charge is -2.50. The second-order valence-corrected chi connectivity index (χ2v) is 18.1.